The van der Waals surface area contributed by atoms with Crippen molar-refractivity contribution in [2.45, 2.75) is 51.9 Å². The molecule has 0 radical (unpaired) electrons. The van der Waals surface area contributed by atoms with Crippen LogP contribution in [0.1, 0.15) is 37.9 Å². The van der Waals surface area contributed by atoms with Gasteiger partial charge in [-0.15, -0.1) is 0 Å². The quantitative estimate of drug-likeness (QED) is 0.867. The number of ether oxygens (including phenoxy) is 1. The minimum atomic E-state index is 0.0660. The van der Waals surface area contributed by atoms with Gasteiger partial charge in [0.15, 0.2) is 0 Å². The lowest BCUT2D eigenvalue weighted by Gasteiger charge is -2.19. The Kier molecular flexibility index (Phi) is 3.54. The number of nitrogens with one attached hydrogen (secondary N) is 1. The Morgan fingerprint density at radius 1 is 1.59 bits per heavy atom. The van der Waals surface area contributed by atoms with E-state index in [2.05, 4.69) is 31.2 Å². The highest BCUT2D eigenvalue weighted by atomic mass is 16.5. The molecule has 1 unspecified atom stereocenters. The molecule has 1 aromatic heterocycles. The van der Waals surface area contributed by atoms with E-state index in [-0.39, 0.29) is 5.60 Å². The molecule has 2 rings (SSSR count). The standard InChI is InChI=1S/C13H23N3O/c1-10-11(8-15-16(10)4)7-14-9-12-5-6-13(2,3)17-12/h8,12,14H,5-7,9H2,1-4H3. The van der Waals surface area contributed by atoms with Gasteiger partial charge in [0, 0.05) is 31.4 Å². The van der Waals surface area contributed by atoms with E-state index in [9.17, 15) is 0 Å². The first-order valence-corrected chi connectivity index (χ1v) is 6.34. The maximum absolute atomic E-state index is 5.94. The van der Waals surface area contributed by atoms with Gasteiger partial charge in [-0.2, -0.15) is 5.10 Å². The molecule has 4 heteroatoms. The van der Waals surface area contributed by atoms with Crippen molar-refractivity contribution in [2.24, 2.45) is 7.05 Å². The molecule has 4 nitrogen and oxygen atoms in total. The van der Waals surface area contributed by atoms with Crippen molar-refractivity contribution in [2.75, 3.05) is 6.54 Å². The highest BCUT2D eigenvalue weighted by Crippen LogP contribution is 2.28. The molecule has 0 amide bonds. The molecule has 0 aromatic carbocycles. The van der Waals surface area contributed by atoms with Crippen molar-refractivity contribution in [1.82, 2.24) is 15.1 Å². The minimum Gasteiger partial charge on any atom is -0.371 e. The van der Waals surface area contributed by atoms with Gasteiger partial charge in [0.25, 0.3) is 0 Å². The fourth-order valence-electron chi connectivity index (χ4n) is 2.31. The lowest BCUT2D eigenvalue weighted by Crippen LogP contribution is -2.29. The third-order valence-electron chi connectivity index (χ3n) is 3.58. The summed E-state index contributed by atoms with van der Waals surface area (Å²) in [7, 11) is 1.97. The summed E-state index contributed by atoms with van der Waals surface area (Å²) in [6.07, 6.45) is 4.61. The van der Waals surface area contributed by atoms with E-state index in [1.807, 2.05) is 17.9 Å². The largest absolute Gasteiger partial charge is 0.371 e. The highest BCUT2D eigenvalue weighted by molar-refractivity contribution is 5.15. The number of aromatic nitrogens is 2. The molecule has 0 saturated carbocycles. The molecule has 0 spiro atoms. The molecule has 17 heavy (non-hydrogen) atoms. The maximum atomic E-state index is 5.94. The number of nitrogens with zero attached hydrogens (tertiary/aromatic N) is 2. The Morgan fingerprint density at radius 2 is 2.35 bits per heavy atom. The summed E-state index contributed by atoms with van der Waals surface area (Å²) in [5.74, 6) is 0. The van der Waals surface area contributed by atoms with Crippen LogP contribution in [0.25, 0.3) is 0 Å². The SMILES string of the molecule is Cc1c(CNCC2CCC(C)(C)O2)cnn1C. The first kappa shape index (κ1) is 12.6. The van der Waals surface area contributed by atoms with Crippen molar-refractivity contribution >= 4 is 0 Å². The van der Waals surface area contributed by atoms with Gasteiger partial charge in [-0.1, -0.05) is 0 Å². The van der Waals surface area contributed by atoms with Crippen LogP contribution in [-0.4, -0.2) is 28.0 Å². The zero-order valence-corrected chi connectivity index (χ0v) is 11.3. The van der Waals surface area contributed by atoms with E-state index in [0.29, 0.717) is 6.10 Å². The summed E-state index contributed by atoms with van der Waals surface area (Å²) in [6, 6.07) is 0. The van der Waals surface area contributed by atoms with Crippen LogP contribution in [0.4, 0.5) is 0 Å². The second-order valence-corrected chi connectivity index (χ2v) is 5.55. The maximum Gasteiger partial charge on any atom is 0.0707 e. The zero-order valence-electron chi connectivity index (χ0n) is 11.3. The van der Waals surface area contributed by atoms with Gasteiger partial charge in [-0.25, -0.2) is 0 Å². The number of rotatable bonds is 4. The normalized spacial score (nSPS) is 23.2. The first-order valence-electron chi connectivity index (χ1n) is 6.34. The Balaban J connectivity index is 1.75. The fourth-order valence-corrected chi connectivity index (χ4v) is 2.31. The minimum absolute atomic E-state index is 0.0660. The van der Waals surface area contributed by atoms with E-state index >= 15 is 0 Å². The molecule has 96 valence electrons. The summed E-state index contributed by atoms with van der Waals surface area (Å²) in [5.41, 5.74) is 2.56. The molecule has 1 aliphatic rings. The first-order chi connectivity index (χ1) is 7.98. The third-order valence-corrected chi connectivity index (χ3v) is 3.58. The fraction of sp³-hybridized carbons (Fsp3) is 0.769. The molecule has 1 atom stereocenters. The highest BCUT2D eigenvalue weighted by Gasteiger charge is 2.31. The van der Waals surface area contributed by atoms with Crippen LogP contribution in [0.5, 0.6) is 0 Å². The molecule has 1 aliphatic heterocycles. The van der Waals surface area contributed by atoms with E-state index in [0.717, 1.165) is 25.9 Å². The molecule has 0 aliphatic carbocycles. The summed E-state index contributed by atoms with van der Waals surface area (Å²) >= 11 is 0. The number of hydrogen-bond donors (Lipinski definition) is 1. The van der Waals surface area contributed by atoms with Crippen molar-refractivity contribution in [1.29, 1.82) is 0 Å². The van der Waals surface area contributed by atoms with Crippen LogP contribution in [0.3, 0.4) is 0 Å². The Bertz CT molecular complexity index is 384. The van der Waals surface area contributed by atoms with E-state index in [1.54, 1.807) is 0 Å². The average molecular weight is 237 g/mol. The molecule has 0 bridgehead atoms. The molecule has 1 fully saturated rings. The van der Waals surface area contributed by atoms with Crippen LogP contribution in [0.2, 0.25) is 0 Å². The van der Waals surface area contributed by atoms with Crippen LogP contribution in [-0.2, 0) is 18.3 Å². The summed E-state index contributed by atoms with van der Waals surface area (Å²) in [6.45, 7) is 8.23. The number of aryl methyl sites for hydroxylation is 1. The van der Waals surface area contributed by atoms with Crippen LogP contribution < -0.4 is 5.32 Å². The smallest absolute Gasteiger partial charge is 0.0707 e. The van der Waals surface area contributed by atoms with Gasteiger partial charge in [0.05, 0.1) is 17.9 Å². The van der Waals surface area contributed by atoms with Gasteiger partial charge in [0.1, 0.15) is 0 Å². The van der Waals surface area contributed by atoms with Gasteiger partial charge in [-0.3, -0.25) is 4.68 Å². The molecule has 2 heterocycles. The van der Waals surface area contributed by atoms with E-state index in [4.69, 9.17) is 4.74 Å². The zero-order chi connectivity index (χ0) is 12.5. The topological polar surface area (TPSA) is 39.1 Å². The molecule has 1 N–H and O–H groups in total. The third kappa shape index (κ3) is 3.07. The summed E-state index contributed by atoms with van der Waals surface area (Å²) in [5, 5.41) is 7.69. The van der Waals surface area contributed by atoms with Crippen molar-refractivity contribution in [3.63, 3.8) is 0 Å². The van der Waals surface area contributed by atoms with Gasteiger partial charge >= 0.3 is 0 Å². The van der Waals surface area contributed by atoms with Crippen LogP contribution in [0.15, 0.2) is 6.20 Å². The second-order valence-electron chi connectivity index (χ2n) is 5.55. The second kappa shape index (κ2) is 4.78. The van der Waals surface area contributed by atoms with Gasteiger partial charge in [-0.05, 0) is 33.6 Å². The van der Waals surface area contributed by atoms with Crippen LogP contribution >= 0.6 is 0 Å². The Morgan fingerprint density at radius 3 is 2.88 bits per heavy atom. The Labute approximate surface area is 103 Å². The van der Waals surface area contributed by atoms with E-state index < -0.39 is 0 Å². The van der Waals surface area contributed by atoms with Crippen molar-refractivity contribution in [3.8, 4) is 0 Å². The predicted molar refractivity (Wildman–Crippen MR) is 67.8 cm³/mol. The van der Waals surface area contributed by atoms with Gasteiger partial charge in [0.2, 0.25) is 0 Å². The molecule has 1 saturated heterocycles. The Hall–Kier alpha value is -0.870. The predicted octanol–water partition coefficient (Wildman–Crippen LogP) is 1.78. The van der Waals surface area contributed by atoms with Crippen molar-refractivity contribution < 1.29 is 4.74 Å². The lowest BCUT2D eigenvalue weighted by atomic mass is 10.1. The molecule has 1 aromatic rings. The monoisotopic (exact) mass is 237 g/mol. The molecular formula is C13H23N3O. The summed E-state index contributed by atoms with van der Waals surface area (Å²) < 4.78 is 7.85. The van der Waals surface area contributed by atoms with E-state index in [1.165, 1.54) is 11.3 Å². The summed E-state index contributed by atoms with van der Waals surface area (Å²) in [4.78, 5) is 0. The van der Waals surface area contributed by atoms with Crippen molar-refractivity contribution in [3.05, 3.63) is 17.5 Å². The number of hydrogen-bond acceptors (Lipinski definition) is 3. The van der Waals surface area contributed by atoms with Crippen LogP contribution in [0, 0.1) is 6.92 Å². The van der Waals surface area contributed by atoms with Gasteiger partial charge < -0.3 is 10.1 Å². The lowest BCUT2D eigenvalue weighted by molar-refractivity contribution is -0.0143. The average Bonchev–Trinajstić information content (AvgIpc) is 2.75. The molecular weight excluding hydrogens is 214 g/mol.